The van der Waals surface area contributed by atoms with Gasteiger partial charge in [-0.15, -0.1) is 0 Å². The molecule has 0 radical (unpaired) electrons. The normalized spacial score (nSPS) is 25.6. The summed E-state index contributed by atoms with van der Waals surface area (Å²) in [5, 5.41) is 3.33. The van der Waals surface area contributed by atoms with E-state index in [2.05, 4.69) is 12.2 Å². The van der Waals surface area contributed by atoms with Crippen LogP contribution in [0.25, 0.3) is 0 Å². The highest BCUT2D eigenvalue weighted by Crippen LogP contribution is 2.16. The predicted molar refractivity (Wildman–Crippen MR) is 61.6 cm³/mol. The molecule has 1 aliphatic heterocycles. The third-order valence-corrected chi connectivity index (χ3v) is 3.13. The Morgan fingerprint density at radius 1 is 1.38 bits per heavy atom. The molecule has 1 fully saturated rings. The van der Waals surface area contributed by atoms with Crippen LogP contribution >= 0.6 is 0 Å². The van der Waals surface area contributed by atoms with Crippen molar-refractivity contribution in [1.29, 1.82) is 0 Å². The van der Waals surface area contributed by atoms with Crippen molar-refractivity contribution in [1.82, 2.24) is 5.32 Å². The van der Waals surface area contributed by atoms with Crippen molar-refractivity contribution in [2.24, 2.45) is 5.92 Å². The summed E-state index contributed by atoms with van der Waals surface area (Å²) < 4.78 is 18.5. The largest absolute Gasteiger partial charge is 0.372 e. The van der Waals surface area contributed by atoms with E-state index in [1.54, 1.807) is 12.1 Å². The van der Waals surface area contributed by atoms with Crippen LogP contribution in [-0.2, 0) is 11.3 Å². The average molecular weight is 223 g/mol. The van der Waals surface area contributed by atoms with Gasteiger partial charge in [0.15, 0.2) is 0 Å². The summed E-state index contributed by atoms with van der Waals surface area (Å²) in [7, 11) is 0. The first-order valence-electron chi connectivity index (χ1n) is 5.82. The van der Waals surface area contributed by atoms with Crippen LogP contribution in [0.15, 0.2) is 24.3 Å². The molecule has 0 aliphatic carbocycles. The molecule has 0 amide bonds. The van der Waals surface area contributed by atoms with Crippen LogP contribution in [0.4, 0.5) is 4.39 Å². The topological polar surface area (TPSA) is 21.3 Å². The Hall–Kier alpha value is -0.930. The number of rotatable bonds is 3. The van der Waals surface area contributed by atoms with E-state index in [-0.39, 0.29) is 11.9 Å². The second kappa shape index (κ2) is 5.41. The van der Waals surface area contributed by atoms with Crippen LogP contribution in [0, 0.1) is 11.7 Å². The minimum absolute atomic E-state index is 0.198. The van der Waals surface area contributed by atoms with Gasteiger partial charge in [-0.3, -0.25) is 0 Å². The van der Waals surface area contributed by atoms with Gasteiger partial charge in [0.1, 0.15) is 5.82 Å². The Bertz CT molecular complexity index is 325. The molecule has 2 unspecified atom stereocenters. The smallest absolute Gasteiger partial charge is 0.123 e. The van der Waals surface area contributed by atoms with Crippen molar-refractivity contribution < 1.29 is 9.13 Å². The third-order valence-electron chi connectivity index (χ3n) is 3.13. The molecule has 1 aromatic rings. The summed E-state index contributed by atoms with van der Waals surface area (Å²) in [5.74, 6) is 0.401. The van der Waals surface area contributed by atoms with E-state index in [0.717, 1.165) is 25.1 Å². The van der Waals surface area contributed by atoms with E-state index in [1.807, 2.05) is 0 Å². The highest BCUT2D eigenvalue weighted by molar-refractivity contribution is 5.15. The van der Waals surface area contributed by atoms with Gasteiger partial charge in [-0.1, -0.05) is 19.1 Å². The molecule has 2 atom stereocenters. The molecule has 1 saturated heterocycles. The number of piperidine rings is 1. The van der Waals surface area contributed by atoms with Crippen LogP contribution in [0.1, 0.15) is 18.9 Å². The van der Waals surface area contributed by atoms with Crippen molar-refractivity contribution in [3.05, 3.63) is 35.6 Å². The molecule has 0 bridgehead atoms. The van der Waals surface area contributed by atoms with Gasteiger partial charge in [-0.25, -0.2) is 4.39 Å². The van der Waals surface area contributed by atoms with Crippen molar-refractivity contribution in [3.8, 4) is 0 Å². The van der Waals surface area contributed by atoms with Gasteiger partial charge in [0.25, 0.3) is 0 Å². The molecule has 1 heterocycles. The Morgan fingerprint density at radius 3 is 2.81 bits per heavy atom. The maximum atomic E-state index is 12.7. The molecule has 0 spiro atoms. The molecule has 0 aromatic heterocycles. The van der Waals surface area contributed by atoms with Gasteiger partial charge in [-0.2, -0.15) is 0 Å². The molecule has 1 aromatic carbocycles. The first kappa shape index (κ1) is 11.6. The fourth-order valence-corrected chi connectivity index (χ4v) is 1.97. The van der Waals surface area contributed by atoms with Gasteiger partial charge < -0.3 is 10.1 Å². The SMILES string of the molecule is CC1CCNCC1OCc1ccc(F)cc1. The van der Waals surface area contributed by atoms with Crippen molar-refractivity contribution in [3.63, 3.8) is 0 Å². The molecule has 88 valence electrons. The van der Waals surface area contributed by atoms with E-state index < -0.39 is 0 Å². The number of ether oxygens (including phenoxy) is 1. The van der Waals surface area contributed by atoms with Gasteiger partial charge in [0.05, 0.1) is 12.7 Å². The van der Waals surface area contributed by atoms with Crippen molar-refractivity contribution >= 4 is 0 Å². The number of hydrogen-bond acceptors (Lipinski definition) is 2. The fourth-order valence-electron chi connectivity index (χ4n) is 1.97. The lowest BCUT2D eigenvalue weighted by atomic mass is 9.97. The first-order chi connectivity index (χ1) is 7.75. The molecule has 2 rings (SSSR count). The number of hydrogen-bond donors (Lipinski definition) is 1. The zero-order chi connectivity index (χ0) is 11.4. The molecular formula is C13H18FNO. The first-order valence-corrected chi connectivity index (χ1v) is 5.82. The molecule has 16 heavy (non-hydrogen) atoms. The number of benzene rings is 1. The summed E-state index contributed by atoms with van der Waals surface area (Å²) >= 11 is 0. The van der Waals surface area contributed by atoms with Gasteiger partial charge in [0, 0.05) is 6.54 Å². The van der Waals surface area contributed by atoms with Crippen LogP contribution in [0.2, 0.25) is 0 Å². The van der Waals surface area contributed by atoms with Crippen LogP contribution in [-0.4, -0.2) is 19.2 Å². The Balaban J connectivity index is 1.84. The lowest BCUT2D eigenvalue weighted by molar-refractivity contribution is -0.00659. The Labute approximate surface area is 95.8 Å². The molecule has 0 saturated carbocycles. The molecule has 2 nitrogen and oxygen atoms in total. The van der Waals surface area contributed by atoms with Gasteiger partial charge >= 0.3 is 0 Å². The van der Waals surface area contributed by atoms with Crippen LogP contribution < -0.4 is 5.32 Å². The molecule has 3 heteroatoms. The number of nitrogens with one attached hydrogen (secondary N) is 1. The molecule has 1 N–H and O–H groups in total. The predicted octanol–water partition coefficient (Wildman–Crippen LogP) is 2.34. The standard InChI is InChI=1S/C13H18FNO/c1-10-6-7-15-8-13(10)16-9-11-2-4-12(14)5-3-11/h2-5,10,13,15H,6-9H2,1H3. The quantitative estimate of drug-likeness (QED) is 0.849. The van der Waals surface area contributed by atoms with Crippen LogP contribution in [0.5, 0.6) is 0 Å². The van der Waals surface area contributed by atoms with E-state index in [0.29, 0.717) is 12.5 Å². The lowest BCUT2D eigenvalue weighted by Gasteiger charge is -2.29. The minimum Gasteiger partial charge on any atom is -0.372 e. The van der Waals surface area contributed by atoms with E-state index in [1.165, 1.54) is 12.1 Å². The highest BCUT2D eigenvalue weighted by Gasteiger charge is 2.21. The number of halogens is 1. The van der Waals surface area contributed by atoms with Crippen molar-refractivity contribution in [2.75, 3.05) is 13.1 Å². The Morgan fingerprint density at radius 2 is 2.12 bits per heavy atom. The minimum atomic E-state index is -0.198. The summed E-state index contributed by atoms with van der Waals surface area (Å²) in [6.07, 6.45) is 1.44. The van der Waals surface area contributed by atoms with Gasteiger partial charge in [0.2, 0.25) is 0 Å². The highest BCUT2D eigenvalue weighted by atomic mass is 19.1. The second-order valence-corrected chi connectivity index (χ2v) is 4.45. The zero-order valence-corrected chi connectivity index (χ0v) is 9.58. The summed E-state index contributed by atoms with van der Waals surface area (Å²) in [6, 6.07) is 6.50. The second-order valence-electron chi connectivity index (χ2n) is 4.45. The average Bonchev–Trinajstić information content (AvgIpc) is 2.30. The van der Waals surface area contributed by atoms with Gasteiger partial charge in [-0.05, 0) is 36.6 Å². The Kier molecular flexibility index (Phi) is 3.91. The van der Waals surface area contributed by atoms with E-state index >= 15 is 0 Å². The monoisotopic (exact) mass is 223 g/mol. The fraction of sp³-hybridized carbons (Fsp3) is 0.538. The third kappa shape index (κ3) is 3.03. The van der Waals surface area contributed by atoms with Crippen LogP contribution in [0.3, 0.4) is 0 Å². The summed E-state index contributed by atoms with van der Waals surface area (Å²) in [5.41, 5.74) is 1.03. The zero-order valence-electron chi connectivity index (χ0n) is 9.58. The maximum absolute atomic E-state index is 12.7. The maximum Gasteiger partial charge on any atom is 0.123 e. The van der Waals surface area contributed by atoms with E-state index in [9.17, 15) is 4.39 Å². The summed E-state index contributed by atoms with van der Waals surface area (Å²) in [6.45, 7) is 4.78. The van der Waals surface area contributed by atoms with Crippen molar-refractivity contribution in [2.45, 2.75) is 26.1 Å². The van der Waals surface area contributed by atoms with E-state index in [4.69, 9.17) is 4.74 Å². The summed E-state index contributed by atoms with van der Waals surface area (Å²) in [4.78, 5) is 0. The molecule has 1 aliphatic rings. The molecular weight excluding hydrogens is 205 g/mol. The lowest BCUT2D eigenvalue weighted by Crippen LogP contribution is -2.40.